The SMILES string of the molecule is CC(C)=CCOCCC(O)OCC=C(C)C. The highest BCUT2D eigenvalue weighted by molar-refractivity contribution is 4.93. The Hall–Kier alpha value is -0.640. The molecule has 94 valence electrons. The average Bonchev–Trinajstić information content (AvgIpc) is 2.16. The second-order valence-electron chi connectivity index (χ2n) is 4.21. The molecule has 0 aliphatic heterocycles. The molecule has 0 amide bonds. The fourth-order valence-electron chi connectivity index (χ4n) is 0.902. The number of allylic oxidation sites excluding steroid dienone is 2. The maximum atomic E-state index is 9.42. The molecule has 16 heavy (non-hydrogen) atoms. The van der Waals surface area contributed by atoms with Crippen LogP contribution in [0.5, 0.6) is 0 Å². The van der Waals surface area contributed by atoms with Crippen molar-refractivity contribution in [2.24, 2.45) is 0 Å². The number of hydrogen-bond donors (Lipinski definition) is 1. The molecular weight excluding hydrogens is 204 g/mol. The lowest BCUT2D eigenvalue weighted by Gasteiger charge is -2.10. The number of aliphatic hydroxyl groups excluding tert-OH is 1. The Morgan fingerprint density at radius 2 is 1.62 bits per heavy atom. The van der Waals surface area contributed by atoms with Crippen molar-refractivity contribution in [1.29, 1.82) is 0 Å². The van der Waals surface area contributed by atoms with E-state index in [0.29, 0.717) is 26.2 Å². The quantitative estimate of drug-likeness (QED) is 0.394. The van der Waals surface area contributed by atoms with E-state index in [2.05, 4.69) is 0 Å². The highest BCUT2D eigenvalue weighted by Gasteiger charge is 2.01. The lowest BCUT2D eigenvalue weighted by molar-refractivity contribution is -0.102. The Morgan fingerprint density at radius 1 is 1.06 bits per heavy atom. The van der Waals surface area contributed by atoms with Crippen LogP contribution < -0.4 is 0 Å². The molecule has 3 heteroatoms. The molecule has 1 atom stereocenters. The van der Waals surface area contributed by atoms with Gasteiger partial charge in [-0.3, -0.25) is 0 Å². The van der Waals surface area contributed by atoms with Gasteiger partial charge >= 0.3 is 0 Å². The summed E-state index contributed by atoms with van der Waals surface area (Å²) in [5.41, 5.74) is 2.42. The van der Waals surface area contributed by atoms with Crippen LogP contribution >= 0.6 is 0 Å². The van der Waals surface area contributed by atoms with Gasteiger partial charge in [0.25, 0.3) is 0 Å². The van der Waals surface area contributed by atoms with E-state index < -0.39 is 6.29 Å². The molecule has 0 saturated carbocycles. The minimum Gasteiger partial charge on any atom is -0.377 e. The first-order valence-corrected chi connectivity index (χ1v) is 5.66. The monoisotopic (exact) mass is 228 g/mol. The highest BCUT2D eigenvalue weighted by atomic mass is 16.6. The van der Waals surface area contributed by atoms with Crippen molar-refractivity contribution in [2.75, 3.05) is 19.8 Å². The lowest BCUT2D eigenvalue weighted by atomic mass is 10.3. The highest BCUT2D eigenvalue weighted by Crippen LogP contribution is 1.98. The van der Waals surface area contributed by atoms with E-state index in [1.807, 2.05) is 39.8 Å². The number of rotatable bonds is 8. The smallest absolute Gasteiger partial charge is 0.157 e. The molecule has 0 saturated heterocycles. The molecule has 0 bridgehead atoms. The Balaban J connectivity index is 3.40. The van der Waals surface area contributed by atoms with Crippen molar-refractivity contribution in [3.8, 4) is 0 Å². The third kappa shape index (κ3) is 11.4. The maximum Gasteiger partial charge on any atom is 0.157 e. The molecule has 1 N–H and O–H groups in total. The van der Waals surface area contributed by atoms with Crippen LogP contribution in [0.1, 0.15) is 34.1 Å². The molecule has 0 aromatic carbocycles. The molecule has 0 fully saturated rings. The zero-order valence-electron chi connectivity index (χ0n) is 10.8. The van der Waals surface area contributed by atoms with Gasteiger partial charge in [-0.2, -0.15) is 0 Å². The molecule has 0 heterocycles. The molecule has 0 spiro atoms. The molecule has 3 nitrogen and oxygen atoms in total. The molecule has 1 unspecified atom stereocenters. The van der Waals surface area contributed by atoms with Crippen LogP contribution in [0, 0.1) is 0 Å². The van der Waals surface area contributed by atoms with Gasteiger partial charge in [0.15, 0.2) is 6.29 Å². The summed E-state index contributed by atoms with van der Waals surface area (Å²) < 4.78 is 10.5. The zero-order valence-corrected chi connectivity index (χ0v) is 10.8. The van der Waals surface area contributed by atoms with Crippen LogP contribution in [0.2, 0.25) is 0 Å². The van der Waals surface area contributed by atoms with Crippen molar-refractivity contribution in [3.63, 3.8) is 0 Å². The topological polar surface area (TPSA) is 38.7 Å². The Kier molecular flexibility index (Phi) is 9.19. The van der Waals surface area contributed by atoms with Crippen LogP contribution in [-0.2, 0) is 9.47 Å². The molecule has 0 aromatic heterocycles. The Labute approximate surface area is 98.8 Å². The van der Waals surface area contributed by atoms with E-state index in [1.165, 1.54) is 11.1 Å². The Morgan fingerprint density at radius 3 is 2.19 bits per heavy atom. The van der Waals surface area contributed by atoms with Crippen LogP contribution in [0.25, 0.3) is 0 Å². The van der Waals surface area contributed by atoms with Crippen LogP contribution in [0.4, 0.5) is 0 Å². The van der Waals surface area contributed by atoms with Crippen molar-refractivity contribution < 1.29 is 14.6 Å². The molecular formula is C13H24O3. The van der Waals surface area contributed by atoms with Crippen molar-refractivity contribution in [1.82, 2.24) is 0 Å². The Bertz CT molecular complexity index is 223. The van der Waals surface area contributed by atoms with Crippen molar-refractivity contribution in [2.45, 2.75) is 40.4 Å². The largest absolute Gasteiger partial charge is 0.377 e. The summed E-state index contributed by atoms with van der Waals surface area (Å²) in [6.07, 6.45) is 3.72. The molecule has 0 rings (SSSR count). The standard InChI is InChI=1S/C13H24O3/c1-11(2)5-8-15-9-7-13(14)16-10-6-12(3)4/h5-6,13-14H,7-10H2,1-4H3. The fourth-order valence-corrected chi connectivity index (χ4v) is 0.902. The zero-order chi connectivity index (χ0) is 12.4. The van der Waals surface area contributed by atoms with Gasteiger partial charge in [-0.25, -0.2) is 0 Å². The molecule has 0 aliphatic carbocycles. The summed E-state index contributed by atoms with van der Waals surface area (Å²) in [5, 5.41) is 9.42. The van der Waals surface area contributed by atoms with Gasteiger partial charge in [0.2, 0.25) is 0 Å². The normalized spacial score (nSPS) is 12.1. The predicted molar refractivity (Wildman–Crippen MR) is 66.3 cm³/mol. The van der Waals surface area contributed by atoms with Gasteiger partial charge in [-0.05, 0) is 27.7 Å². The van der Waals surface area contributed by atoms with Gasteiger partial charge in [0.1, 0.15) is 0 Å². The van der Waals surface area contributed by atoms with Crippen molar-refractivity contribution >= 4 is 0 Å². The summed E-state index contributed by atoms with van der Waals surface area (Å²) in [5.74, 6) is 0. The van der Waals surface area contributed by atoms with Gasteiger partial charge in [-0.15, -0.1) is 0 Å². The summed E-state index contributed by atoms with van der Waals surface area (Å²) in [4.78, 5) is 0. The summed E-state index contributed by atoms with van der Waals surface area (Å²) >= 11 is 0. The number of hydrogen-bond acceptors (Lipinski definition) is 3. The van der Waals surface area contributed by atoms with E-state index in [9.17, 15) is 5.11 Å². The first kappa shape index (κ1) is 15.4. The van der Waals surface area contributed by atoms with Gasteiger partial charge in [-0.1, -0.05) is 23.3 Å². The van der Waals surface area contributed by atoms with Gasteiger partial charge in [0.05, 0.1) is 19.8 Å². The second-order valence-corrected chi connectivity index (χ2v) is 4.21. The van der Waals surface area contributed by atoms with Crippen LogP contribution in [-0.4, -0.2) is 31.2 Å². The third-order valence-corrected chi connectivity index (χ3v) is 1.90. The molecule has 0 radical (unpaired) electrons. The minimum atomic E-state index is -0.734. The first-order valence-electron chi connectivity index (χ1n) is 5.66. The number of ether oxygens (including phenoxy) is 2. The second kappa shape index (κ2) is 9.58. The molecule has 0 aliphatic rings. The van der Waals surface area contributed by atoms with Gasteiger partial charge in [0, 0.05) is 6.42 Å². The minimum absolute atomic E-state index is 0.456. The van der Waals surface area contributed by atoms with Gasteiger partial charge < -0.3 is 14.6 Å². The summed E-state index contributed by atoms with van der Waals surface area (Å²) in [7, 11) is 0. The maximum absolute atomic E-state index is 9.42. The lowest BCUT2D eigenvalue weighted by Crippen LogP contribution is -2.15. The molecule has 0 aromatic rings. The van der Waals surface area contributed by atoms with E-state index in [0.717, 1.165) is 0 Å². The average molecular weight is 228 g/mol. The predicted octanol–water partition coefficient (Wildman–Crippen LogP) is 2.66. The third-order valence-electron chi connectivity index (χ3n) is 1.90. The van der Waals surface area contributed by atoms with E-state index in [1.54, 1.807) is 0 Å². The summed E-state index contributed by atoms with van der Waals surface area (Å²) in [6.45, 7) is 9.62. The van der Waals surface area contributed by atoms with Crippen molar-refractivity contribution in [3.05, 3.63) is 23.3 Å². The summed E-state index contributed by atoms with van der Waals surface area (Å²) in [6, 6.07) is 0. The fraction of sp³-hybridized carbons (Fsp3) is 0.692. The van der Waals surface area contributed by atoms with E-state index in [-0.39, 0.29) is 0 Å². The van der Waals surface area contributed by atoms with Crippen LogP contribution in [0.3, 0.4) is 0 Å². The van der Waals surface area contributed by atoms with Crippen LogP contribution in [0.15, 0.2) is 23.3 Å². The number of aliphatic hydroxyl groups is 1. The first-order chi connectivity index (χ1) is 7.52. The van der Waals surface area contributed by atoms with E-state index in [4.69, 9.17) is 9.47 Å². The van der Waals surface area contributed by atoms with E-state index >= 15 is 0 Å².